The molecule has 1 atom stereocenters. The van der Waals surface area contributed by atoms with E-state index in [1.165, 1.54) is 0 Å². The molecule has 0 spiro atoms. The van der Waals surface area contributed by atoms with Gasteiger partial charge in [-0.1, -0.05) is 27.2 Å². The van der Waals surface area contributed by atoms with Gasteiger partial charge in [-0.15, -0.1) is 0 Å². The van der Waals surface area contributed by atoms with Gasteiger partial charge in [0.1, 0.15) is 0 Å². The van der Waals surface area contributed by atoms with Crippen molar-refractivity contribution in [2.24, 2.45) is 0 Å². The van der Waals surface area contributed by atoms with E-state index >= 15 is 0 Å². The van der Waals surface area contributed by atoms with Crippen LogP contribution in [0.5, 0.6) is 0 Å². The summed E-state index contributed by atoms with van der Waals surface area (Å²) in [5.74, 6) is 1.87. The highest BCUT2D eigenvalue weighted by Crippen LogP contribution is 2.49. The molecule has 16 heavy (non-hydrogen) atoms. The number of unbranched alkanes of at least 4 members (excludes halogenated alkanes) is 1. The minimum atomic E-state index is -3.23. The van der Waals surface area contributed by atoms with Crippen LogP contribution in [-0.4, -0.2) is 24.4 Å². The van der Waals surface area contributed by atoms with Gasteiger partial charge in [0.15, 0.2) is 5.81 Å². The van der Waals surface area contributed by atoms with E-state index in [1.807, 2.05) is 26.6 Å². The van der Waals surface area contributed by atoms with E-state index < -0.39 is 7.52 Å². The SMILES string of the molecule is CCCCOP(=O)(C#N)N(CCC)CCC. The molecule has 0 aromatic carbocycles. The summed E-state index contributed by atoms with van der Waals surface area (Å²) in [4.78, 5) is 0. The van der Waals surface area contributed by atoms with Gasteiger partial charge in [0.2, 0.25) is 0 Å². The minimum absolute atomic E-state index is 0.408. The second-order valence-corrected chi connectivity index (χ2v) is 5.83. The number of rotatable bonds is 9. The van der Waals surface area contributed by atoms with Gasteiger partial charge < -0.3 is 4.52 Å². The first kappa shape index (κ1) is 15.6. The molecule has 0 heterocycles. The van der Waals surface area contributed by atoms with Gasteiger partial charge in [0, 0.05) is 13.1 Å². The van der Waals surface area contributed by atoms with E-state index in [1.54, 1.807) is 4.67 Å². The maximum absolute atomic E-state index is 12.3. The van der Waals surface area contributed by atoms with Crippen molar-refractivity contribution in [2.75, 3.05) is 19.7 Å². The van der Waals surface area contributed by atoms with Crippen molar-refractivity contribution in [1.29, 1.82) is 5.26 Å². The maximum atomic E-state index is 12.3. The summed E-state index contributed by atoms with van der Waals surface area (Å²) < 4.78 is 19.3. The van der Waals surface area contributed by atoms with Gasteiger partial charge in [-0.25, -0.2) is 4.67 Å². The van der Waals surface area contributed by atoms with E-state index in [9.17, 15) is 4.57 Å². The van der Waals surface area contributed by atoms with Crippen molar-refractivity contribution in [1.82, 2.24) is 4.67 Å². The van der Waals surface area contributed by atoms with Crippen LogP contribution in [0.1, 0.15) is 46.5 Å². The molecule has 0 saturated carbocycles. The lowest BCUT2D eigenvalue weighted by atomic mass is 10.4. The Morgan fingerprint density at radius 2 is 1.75 bits per heavy atom. The minimum Gasteiger partial charge on any atom is -0.307 e. The van der Waals surface area contributed by atoms with Crippen LogP contribution in [0.25, 0.3) is 0 Å². The van der Waals surface area contributed by atoms with Gasteiger partial charge in [0.05, 0.1) is 6.61 Å². The molecule has 0 aromatic heterocycles. The first-order valence-electron chi connectivity index (χ1n) is 6.05. The third-order valence-corrected chi connectivity index (χ3v) is 4.16. The zero-order chi connectivity index (χ0) is 12.4. The highest BCUT2D eigenvalue weighted by Gasteiger charge is 2.30. The van der Waals surface area contributed by atoms with Crippen molar-refractivity contribution in [3.8, 4) is 5.81 Å². The highest BCUT2D eigenvalue weighted by atomic mass is 31.2. The van der Waals surface area contributed by atoms with Crippen molar-refractivity contribution in [3.05, 3.63) is 0 Å². The van der Waals surface area contributed by atoms with Gasteiger partial charge in [-0.2, -0.15) is 5.26 Å². The molecular weight excluding hydrogens is 223 g/mol. The van der Waals surface area contributed by atoms with Crippen LogP contribution in [0.3, 0.4) is 0 Å². The molecule has 1 unspecified atom stereocenters. The molecule has 0 N–H and O–H groups in total. The Morgan fingerprint density at radius 3 is 2.12 bits per heavy atom. The monoisotopic (exact) mass is 246 g/mol. The molecule has 0 bridgehead atoms. The first-order chi connectivity index (χ1) is 7.64. The predicted molar refractivity (Wildman–Crippen MR) is 66.2 cm³/mol. The molecule has 4 nitrogen and oxygen atoms in total. The third kappa shape index (κ3) is 5.12. The Hall–Kier alpha value is -0.360. The lowest BCUT2D eigenvalue weighted by Crippen LogP contribution is -2.23. The van der Waals surface area contributed by atoms with Gasteiger partial charge in [-0.3, -0.25) is 4.57 Å². The van der Waals surface area contributed by atoms with Crippen LogP contribution in [-0.2, 0) is 9.09 Å². The quantitative estimate of drug-likeness (QED) is 0.460. The van der Waals surface area contributed by atoms with Crippen LogP contribution < -0.4 is 0 Å². The number of nitrogens with zero attached hydrogens (tertiary/aromatic N) is 2. The molecule has 94 valence electrons. The third-order valence-electron chi connectivity index (χ3n) is 2.23. The molecule has 0 amide bonds. The normalized spacial score (nSPS) is 14.7. The average Bonchev–Trinajstić information content (AvgIpc) is 2.29. The lowest BCUT2D eigenvalue weighted by molar-refractivity contribution is 0.262. The van der Waals surface area contributed by atoms with Crippen LogP contribution in [0.4, 0.5) is 0 Å². The molecular formula is C11H23N2O2P. The molecule has 0 fully saturated rings. The molecule has 0 rings (SSSR count). The zero-order valence-electron chi connectivity index (χ0n) is 10.6. The van der Waals surface area contributed by atoms with E-state index in [0.29, 0.717) is 19.7 Å². The highest BCUT2D eigenvalue weighted by molar-refractivity contribution is 7.61. The van der Waals surface area contributed by atoms with Crippen LogP contribution >= 0.6 is 7.52 Å². The van der Waals surface area contributed by atoms with E-state index in [0.717, 1.165) is 25.7 Å². The largest absolute Gasteiger partial charge is 0.371 e. The van der Waals surface area contributed by atoms with Crippen molar-refractivity contribution < 1.29 is 9.09 Å². The topological polar surface area (TPSA) is 53.3 Å². The molecule has 5 heteroatoms. The average molecular weight is 246 g/mol. The van der Waals surface area contributed by atoms with Gasteiger partial charge in [0.25, 0.3) is 0 Å². The Bertz CT molecular complexity index is 257. The number of hydrogen-bond acceptors (Lipinski definition) is 3. The van der Waals surface area contributed by atoms with Crippen LogP contribution in [0.15, 0.2) is 0 Å². The van der Waals surface area contributed by atoms with Crippen molar-refractivity contribution in [2.45, 2.75) is 46.5 Å². The summed E-state index contributed by atoms with van der Waals surface area (Å²) in [5, 5.41) is 9.03. The predicted octanol–water partition coefficient (Wildman–Crippen LogP) is 3.60. The fraction of sp³-hybridized carbons (Fsp3) is 0.909. The van der Waals surface area contributed by atoms with Crippen LogP contribution in [0, 0.1) is 11.1 Å². The summed E-state index contributed by atoms with van der Waals surface area (Å²) in [6.07, 6.45) is 3.58. The van der Waals surface area contributed by atoms with Crippen molar-refractivity contribution in [3.63, 3.8) is 0 Å². The molecule has 0 radical (unpaired) electrons. The van der Waals surface area contributed by atoms with E-state index in [4.69, 9.17) is 9.79 Å². The fourth-order valence-corrected chi connectivity index (χ4v) is 3.05. The van der Waals surface area contributed by atoms with E-state index in [-0.39, 0.29) is 0 Å². The molecule has 0 aliphatic carbocycles. The van der Waals surface area contributed by atoms with Gasteiger partial charge >= 0.3 is 7.52 Å². The summed E-state index contributed by atoms with van der Waals surface area (Å²) in [6, 6.07) is 0. The molecule has 0 aliphatic rings. The maximum Gasteiger partial charge on any atom is 0.371 e. The van der Waals surface area contributed by atoms with E-state index in [2.05, 4.69) is 0 Å². The van der Waals surface area contributed by atoms with Gasteiger partial charge in [-0.05, 0) is 19.3 Å². The standard InChI is InChI=1S/C11H23N2O2P/c1-4-7-10-15-16(14,11-12)13(8-5-2)9-6-3/h4-10H2,1-3H3. The smallest absolute Gasteiger partial charge is 0.307 e. The second-order valence-electron chi connectivity index (χ2n) is 3.76. The summed E-state index contributed by atoms with van der Waals surface area (Å²) >= 11 is 0. The fourth-order valence-electron chi connectivity index (χ4n) is 1.40. The van der Waals surface area contributed by atoms with Crippen LogP contribution in [0.2, 0.25) is 0 Å². The zero-order valence-corrected chi connectivity index (χ0v) is 11.5. The first-order valence-corrected chi connectivity index (χ1v) is 7.63. The molecule has 0 aromatic rings. The summed E-state index contributed by atoms with van der Waals surface area (Å²) in [7, 11) is -3.23. The Morgan fingerprint density at radius 1 is 1.19 bits per heavy atom. The Kier molecular flexibility index (Phi) is 8.56. The number of hydrogen-bond donors (Lipinski definition) is 0. The lowest BCUT2D eigenvalue weighted by Gasteiger charge is -2.25. The number of nitriles is 1. The molecule has 0 aliphatic heterocycles. The second kappa shape index (κ2) is 8.75. The van der Waals surface area contributed by atoms with Crippen molar-refractivity contribution >= 4 is 7.52 Å². The Labute approximate surface area is 99.1 Å². The summed E-state index contributed by atoms with van der Waals surface area (Å²) in [6.45, 7) is 7.78. The Balaban J connectivity index is 4.48. The summed E-state index contributed by atoms with van der Waals surface area (Å²) in [5.41, 5.74) is 0. The molecule has 0 saturated heterocycles.